The largest absolute Gasteiger partial charge is 0.497 e. The monoisotopic (exact) mass is 496 g/mol. The van der Waals surface area contributed by atoms with Crippen LogP contribution in [0.25, 0.3) is 0 Å². The molecule has 36 heavy (non-hydrogen) atoms. The lowest BCUT2D eigenvalue weighted by Gasteiger charge is -2.41. The molecule has 0 bridgehead atoms. The summed E-state index contributed by atoms with van der Waals surface area (Å²) in [4.78, 5) is 42.9. The second-order valence-electron chi connectivity index (χ2n) is 9.03. The molecule has 3 rings (SSSR count). The van der Waals surface area contributed by atoms with Gasteiger partial charge in [-0.2, -0.15) is 0 Å². The van der Waals surface area contributed by atoms with E-state index in [1.165, 1.54) is 7.11 Å². The standard InChI is InChI=1S/C27H36N4O5/c1-6-18(2)24(29-27(34)28-22-13-12-21(35-4)16-23(22)36-5)26(33)30-14-15-31(19(3)17-30)25(32)20-10-8-7-9-11-20/h7-13,16,18-19,24H,6,14-15,17H2,1-5H3,(H2,28,29,34). The summed E-state index contributed by atoms with van der Waals surface area (Å²) in [6.07, 6.45) is 0.713. The van der Waals surface area contributed by atoms with Crippen LogP contribution in [0, 0.1) is 5.92 Å². The van der Waals surface area contributed by atoms with Crippen molar-refractivity contribution in [1.82, 2.24) is 15.1 Å². The maximum Gasteiger partial charge on any atom is 0.320 e. The minimum Gasteiger partial charge on any atom is -0.497 e. The Morgan fingerprint density at radius 1 is 1.06 bits per heavy atom. The van der Waals surface area contributed by atoms with E-state index in [1.807, 2.05) is 39.0 Å². The molecule has 0 aromatic heterocycles. The molecule has 4 amide bonds. The van der Waals surface area contributed by atoms with Crippen LogP contribution in [0.3, 0.4) is 0 Å². The van der Waals surface area contributed by atoms with Crippen molar-refractivity contribution >= 4 is 23.5 Å². The number of amides is 4. The summed E-state index contributed by atoms with van der Waals surface area (Å²) in [5.41, 5.74) is 1.10. The van der Waals surface area contributed by atoms with Crippen molar-refractivity contribution in [3.05, 3.63) is 54.1 Å². The summed E-state index contributed by atoms with van der Waals surface area (Å²) in [5, 5.41) is 5.63. The van der Waals surface area contributed by atoms with Gasteiger partial charge in [0.1, 0.15) is 17.5 Å². The summed E-state index contributed by atoms with van der Waals surface area (Å²) in [7, 11) is 3.06. The molecule has 0 aliphatic carbocycles. The van der Waals surface area contributed by atoms with Gasteiger partial charge in [0.2, 0.25) is 5.91 Å². The fourth-order valence-corrected chi connectivity index (χ4v) is 4.29. The Balaban J connectivity index is 1.67. The third kappa shape index (κ3) is 6.27. The SMILES string of the molecule is CCC(C)C(NC(=O)Nc1ccc(OC)cc1OC)C(=O)N1CCN(C(=O)c2ccccc2)C(C)C1. The molecule has 0 radical (unpaired) electrons. The maximum absolute atomic E-state index is 13.5. The normalized spacial score (nSPS) is 17.1. The van der Waals surface area contributed by atoms with Crippen molar-refractivity contribution in [3.8, 4) is 11.5 Å². The molecule has 1 saturated heterocycles. The number of carbonyl (C=O) groups excluding carboxylic acids is 3. The summed E-state index contributed by atoms with van der Waals surface area (Å²) < 4.78 is 10.5. The van der Waals surface area contributed by atoms with Crippen LogP contribution in [-0.2, 0) is 4.79 Å². The van der Waals surface area contributed by atoms with E-state index in [1.54, 1.807) is 47.2 Å². The number of nitrogens with zero attached hydrogens (tertiary/aromatic N) is 2. The van der Waals surface area contributed by atoms with Crippen LogP contribution in [-0.4, -0.2) is 73.6 Å². The van der Waals surface area contributed by atoms with Crippen molar-refractivity contribution in [2.24, 2.45) is 5.92 Å². The minimum atomic E-state index is -0.706. The molecule has 9 heteroatoms. The Labute approximate surface area is 212 Å². The van der Waals surface area contributed by atoms with Gasteiger partial charge >= 0.3 is 6.03 Å². The van der Waals surface area contributed by atoms with Crippen molar-refractivity contribution in [2.75, 3.05) is 39.2 Å². The fourth-order valence-electron chi connectivity index (χ4n) is 4.29. The number of piperazine rings is 1. The van der Waals surface area contributed by atoms with Crippen LogP contribution < -0.4 is 20.1 Å². The van der Waals surface area contributed by atoms with E-state index in [0.29, 0.717) is 48.8 Å². The van der Waals surface area contributed by atoms with Crippen molar-refractivity contribution < 1.29 is 23.9 Å². The second-order valence-corrected chi connectivity index (χ2v) is 9.03. The van der Waals surface area contributed by atoms with E-state index in [0.717, 1.165) is 0 Å². The average molecular weight is 497 g/mol. The number of ether oxygens (including phenoxy) is 2. The third-order valence-corrected chi connectivity index (χ3v) is 6.64. The molecule has 2 N–H and O–H groups in total. The predicted molar refractivity (Wildman–Crippen MR) is 138 cm³/mol. The first-order valence-corrected chi connectivity index (χ1v) is 12.2. The Hall–Kier alpha value is -3.75. The zero-order chi connectivity index (χ0) is 26.2. The number of methoxy groups -OCH3 is 2. The van der Waals surface area contributed by atoms with E-state index < -0.39 is 12.1 Å². The van der Waals surface area contributed by atoms with Gasteiger partial charge in [0.05, 0.1) is 19.9 Å². The lowest BCUT2D eigenvalue weighted by molar-refractivity contribution is -0.136. The quantitative estimate of drug-likeness (QED) is 0.582. The Bertz CT molecular complexity index is 1060. The smallest absolute Gasteiger partial charge is 0.320 e. The first-order valence-electron chi connectivity index (χ1n) is 12.2. The molecular weight excluding hydrogens is 460 g/mol. The molecule has 9 nitrogen and oxygen atoms in total. The van der Waals surface area contributed by atoms with Crippen molar-refractivity contribution in [1.29, 1.82) is 0 Å². The Morgan fingerprint density at radius 3 is 2.39 bits per heavy atom. The number of urea groups is 1. The van der Waals surface area contributed by atoms with Crippen LogP contribution in [0.15, 0.2) is 48.5 Å². The lowest BCUT2D eigenvalue weighted by Crippen LogP contribution is -2.60. The van der Waals surface area contributed by atoms with Crippen LogP contribution in [0.4, 0.5) is 10.5 Å². The number of hydrogen-bond acceptors (Lipinski definition) is 5. The summed E-state index contributed by atoms with van der Waals surface area (Å²) in [5.74, 6) is 0.771. The van der Waals surface area contributed by atoms with Gasteiger partial charge < -0.3 is 29.9 Å². The average Bonchev–Trinajstić information content (AvgIpc) is 2.91. The topological polar surface area (TPSA) is 100 Å². The highest BCUT2D eigenvalue weighted by atomic mass is 16.5. The molecule has 2 aromatic rings. The number of rotatable bonds is 8. The third-order valence-electron chi connectivity index (χ3n) is 6.64. The first kappa shape index (κ1) is 26.8. The van der Waals surface area contributed by atoms with E-state index >= 15 is 0 Å². The predicted octanol–water partition coefficient (Wildman–Crippen LogP) is 3.61. The second kappa shape index (κ2) is 12.3. The molecule has 1 heterocycles. The number of hydrogen-bond donors (Lipinski definition) is 2. The molecule has 1 aliphatic heterocycles. The minimum absolute atomic E-state index is 0.0420. The molecule has 3 atom stereocenters. The van der Waals surface area contributed by atoms with Gasteiger partial charge in [0, 0.05) is 37.3 Å². The van der Waals surface area contributed by atoms with Crippen molar-refractivity contribution in [2.45, 2.75) is 39.3 Å². The molecule has 194 valence electrons. The van der Waals surface area contributed by atoms with Gasteiger partial charge in [-0.1, -0.05) is 38.5 Å². The summed E-state index contributed by atoms with van der Waals surface area (Å²) in [6.45, 7) is 7.10. The van der Waals surface area contributed by atoms with Crippen LogP contribution in [0.5, 0.6) is 11.5 Å². The molecule has 3 unspecified atom stereocenters. The molecule has 0 saturated carbocycles. The Morgan fingerprint density at radius 2 is 1.78 bits per heavy atom. The highest BCUT2D eigenvalue weighted by Gasteiger charge is 2.35. The fraction of sp³-hybridized carbons (Fsp3) is 0.444. The molecular formula is C27H36N4O5. The lowest BCUT2D eigenvalue weighted by atomic mass is 9.97. The first-order chi connectivity index (χ1) is 17.3. The number of nitrogens with one attached hydrogen (secondary N) is 2. The van der Waals surface area contributed by atoms with E-state index in [9.17, 15) is 14.4 Å². The zero-order valence-electron chi connectivity index (χ0n) is 21.6. The van der Waals surface area contributed by atoms with Crippen LogP contribution in [0.2, 0.25) is 0 Å². The number of carbonyl (C=O) groups is 3. The number of benzene rings is 2. The van der Waals surface area contributed by atoms with E-state index in [4.69, 9.17) is 9.47 Å². The molecule has 1 fully saturated rings. The zero-order valence-corrected chi connectivity index (χ0v) is 21.6. The summed E-state index contributed by atoms with van der Waals surface area (Å²) in [6, 6.07) is 12.9. The molecule has 1 aliphatic rings. The van der Waals surface area contributed by atoms with E-state index in [-0.39, 0.29) is 23.8 Å². The highest BCUT2D eigenvalue weighted by molar-refractivity contribution is 5.96. The molecule has 0 spiro atoms. The number of anilines is 1. The molecule has 2 aromatic carbocycles. The van der Waals surface area contributed by atoms with Crippen LogP contribution in [0.1, 0.15) is 37.6 Å². The van der Waals surface area contributed by atoms with Crippen molar-refractivity contribution in [3.63, 3.8) is 0 Å². The van der Waals surface area contributed by atoms with Gasteiger partial charge in [-0.25, -0.2) is 4.79 Å². The van der Waals surface area contributed by atoms with E-state index in [2.05, 4.69) is 10.6 Å². The maximum atomic E-state index is 13.5. The summed E-state index contributed by atoms with van der Waals surface area (Å²) >= 11 is 0. The van der Waals surface area contributed by atoms with Crippen LogP contribution >= 0.6 is 0 Å². The van der Waals surface area contributed by atoms with Gasteiger partial charge in [-0.05, 0) is 37.1 Å². The van der Waals surface area contributed by atoms with Gasteiger partial charge in [-0.3, -0.25) is 9.59 Å². The Kier molecular flexibility index (Phi) is 9.16. The van der Waals surface area contributed by atoms with Gasteiger partial charge in [-0.15, -0.1) is 0 Å². The highest BCUT2D eigenvalue weighted by Crippen LogP contribution is 2.29. The van der Waals surface area contributed by atoms with Gasteiger partial charge in [0.25, 0.3) is 5.91 Å². The van der Waals surface area contributed by atoms with Gasteiger partial charge in [0.15, 0.2) is 0 Å².